The number of benzene rings is 1. The molecular formula is C15H20N2O3S. The second kappa shape index (κ2) is 6.95. The Bertz CT molecular complexity index is 529. The van der Waals surface area contributed by atoms with Crippen molar-refractivity contribution in [3.63, 3.8) is 0 Å². The van der Waals surface area contributed by atoms with Gasteiger partial charge in [0.1, 0.15) is 0 Å². The minimum absolute atomic E-state index is 0.129. The topological polar surface area (TPSA) is 81.4 Å². The van der Waals surface area contributed by atoms with Gasteiger partial charge in [-0.25, -0.2) is 5.84 Å². The fraction of sp³-hybridized carbons (Fsp3) is 0.467. The third kappa shape index (κ3) is 4.47. The van der Waals surface area contributed by atoms with Gasteiger partial charge in [0.15, 0.2) is 0 Å². The first-order chi connectivity index (χ1) is 10.1. The van der Waals surface area contributed by atoms with E-state index in [0.717, 1.165) is 29.9 Å². The third-order valence-electron chi connectivity index (χ3n) is 3.70. The number of rotatable bonds is 7. The predicted octanol–water partition coefficient (Wildman–Crippen LogP) is 1.87. The number of hydrazine groups is 1. The van der Waals surface area contributed by atoms with Crippen LogP contribution in [0.2, 0.25) is 0 Å². The highest BCUT2D eigenvalue weighted by molar-refractivity contribution is 7.98. The summed E-state index contributed by atoms with van der Waals surface area (Å²) in [4.78, 5) is 22.8. The van der Waals surface area contributed by atoms with Gasteiger partial charge in [-0.15, -0.1) is 0 Å². The van der Waals surface area contributed by atoms with Crippen molar-refractivity contribution < 1.29 is 14.3 Å². The molecule has 3 N–H and O–H groups in total. The Labute approximate surface area is 128 Å². The van der Waals surface area contributed by atoms with Gasteiger partial charge >= 0.3 is 5.97 Å². The molecule has 0 atom stereocenters. The van der Waals surface area contributed by atoms with E-state index < -0.39 is 0 Å². The average Bonchev–Trinajstić information content (AvgIpc) is 3.26. The fourth-order valence-electron chi connectivity index (χ4n) is 2.20. The van der Waals surface area contributed by atoms with Gasteiger partial charge in [-0.05, 0) is 41.7 Å². The molecule has 0 spiro atoms. The van der Waals surface area contributed by atoms with Crippen molar-refractivity contribution >= 4 is 23.6 Å². The van der Waals surface area contributed by atoms with Crippen molar-refractivity contribution in [3.05, 3.63) is 35.4 Å². The Kier molecular flexibility index (Phi) is 5.25. The molecule has 1 fully saturated rings. The summed E-state index contributed by atoms with van der Waals surface area (Å²) in [5.41, 5.74) is 3.90. The predicted molar refractivity (Wildman–Crippen MR) is 82.6 cm³/mol. The van der Waals surface area contributed by atoms with Crippen LogP contribution in [-0.2, 0) is 15.3 Å². The van der Waals surface area contributed by atoms with E-state index in [1.807, 2.05) is 18.2 Å². The van der Waals surface area contributed by atoms with E-state index in [2.05, 4.69) is 5.43 Å². The van der Waals surface area contributed by atoms with Gasteiger partial charge in [0.2, 0.25) is 0 Å². The van der Waals surface area contributed by atoms with Crippen LogP contribution in [0.5, 0.6) is 0 Å². The number of esters is 1. The molecule has 0 aromatic heterocycles. The van der Waals surface area contributed by atoms with Gasteiger partial charge in [-0.3, -0.25) is 15.0 Å². The smallest absolute Gasteiger partial charge is 0.306 e. The molecule has 21 heavy (non-hydrogen) atoms. The Balaban J connectivity index is 1.84. The van der Waals surface area contributed by atoms with Gasteiger partial charge < -0.3 is 4.74 Å². The average molecular weight is 308 g/mol. The van der Waals surface area contributed by atoms with E-state index in [4.69, 9.17) is 10.6 Å². The van der Waals surface area contributed by atoms with Crippen LogP contribution in [0.1, 0.15) is 35.2 Å². The zero-order valence-corrected chi connectivity index (χ0v) is 12.9. The molecule has 1 amide bonds. The number of carbonyl (C=O) groups is 2. The number of carbonyl (C=O) groups excluding carboxylic acids is 2. The molecule has 5 nitrogen and oxygen atoms in total. The lowest BCUT2D eigenvalue weighted by Gasteiger charge is -2.13. The third-order valence-corrected chi connectivity index (χ3v) is 5.06. The van der Waals surface area contributed by atoms with Crippen LogP contribution in [0.25, 0.3) is 0 Å². The van der Waals surface area contributed by atoms with Crippen molar-refractivity contribution in [2.75, 3.05) is 12.9 Å². The lowest BCUT2D eigenvalue weighted by molar-refractivity contribution is -0.141. The molecule has 0 bridgehead atoms. The minimum Gasteiger partial charge on any atom is -0.469 e. The summed E-state index contributed by atoms with van der Waals surface area (Å²) in [5.74, 6) is 6.47. The first-order valence-electron chi connectivity index (χ1n) is 6.83. The molecule has 0 aliphatic heterocycles. The van der Waals surface area contributed by atoms with Gasteiger partial charge in [0.05, 0.1) is 13.5 Å². The van der Waals surface area contributed by atoms with E-state index in [9.17, 15) is 9.59 Å². The van der Waals surface area contributed by atoms with Crippen LogP contribution in [-0.4, -0.2) is 24.7 Å². The van der Waals surface area contributed by atoms with Crippen molar-refractivity contribution in [3.8, 4) is 0 Å². The summed E-state index contributed by atoms with van der Waals surface area (Å²) in [6.07, 6.45) is 2.68. The van der Waals surface area contributed by atoms with Crippen molar-refractivity contribution in [1.29, 1.82) is 0 Å². The standard InChI is InChI=1S/C15H20N2O3S/c1-20-13(18)8-15(5-6-15)10-21-9-11-3-2-4-12(7-11)14(19)17-16/h2-4,7H,5-6,8-10,16H2,1H3,(H,17,19). The highest BCUT2D eigenvalue weighted by Gasteiger charge is 2.44. The first-order valence-corrected chi connectivity index (χ1v) is 7.98. The molecule has 0 unspecified atom stereocenters. The van der Waals surface area contributed by atoms with Crippen LogP contribution < -0.4 is 11.3 Å². The van der Waals surface area contributed by atoms with Gasteiger partial charge in [-0.2, -0.15) is 11.8 Å². The van der Waals surface area contributed by atoms with Crippen LogP contribution in [0, 0.1) is 5.41 Å². The molecular weight excluding hydrogens is 288 g/mol. The molecule has 2 rings (SSSR count). The molecule has 1 aromatic carbocycles. The number of thioether (sulfide) groups is 1. The Morgan fingerprint density at radius 3 is 2.81 bits per heavy atom. The number of nitrogen functional groups attached to an aromatic ring is 1. The lowest BCUT2D eigenvalue weighted by Crippen LogP contribution is -2.29. The van der Waals surface area contributed by atoms with E-state index in [1.165, 1.54) is 7.11 Å². The first kappa shape index (κ1) is 15.9. The fourth-order valence-corrected chi connectivity index (χ4v) is 3.54. The molecule has 0 saturated heterocycles. The summed E-state index contributed by atoms with van der Waals surface area (Å²) in [6, 6.07) is 7.41. The molecule has 114 valence electrons. The number of hydrogen-bond acceptors (Lipinski definition) is 5. The summed E-state index contributed by atoms with van der Waals surface area (Å²) in [7, 11) is 1.43. The molecule has 1 saturated carbocycles. The van der Waals surface area contributed by atoms with E-state index in [1.54, 1.807) is 17.8 Å². The van der Waals surface area contributed by atoms with Gasteiger partial charge in [0.25, 0.3) is 5.91 Å². The number of hydrogen-bond donors (Lipinski definition) is 2. The van der Waals surface area contributed by atoms with E-state index in [0.29, 0.717) is 12.0 Å². The Morgan fingerprint density at radius 1 is 1.43 bits per heavy atom. The van der Waals surface area contributed by atoms with Crippen LogP contribution >= 0.6 is 11.8 Å². The summed E-state index contributed by atoms with van der Waals surface area (Å²) in [6.45, 7) is 0. The maximum atomic E-state index is 11.5. The summed E-state index contributed by atoms with van der Waals surface area (Å²) in [5, 5.41) is 0. The van der Waals surface area contributed by atoms with Crippen LogP contribution in [0.15, 0.2) is 24.3 Å². The zero-order chi connectivity index (χ0) is 15.3. The number of methoxy groups -OCH3 is 1. The zero-order valence-electron chi connectivity index (χ0n) is 12.1. The van der Waals surface area contributed by atoms with Crippen molar-refractivity contribution in [1.82, 2.24) is 5.43 Å². The second-order valence-corrected chi connectivity index (χ2v) is 6.41. The molecule has 6 heteroatoms. The quantitative estimate of drug-likeness (QED) is 0.348. The molecule has 1 aliphatic rings. The molecule has 0 radical (unpaired) electrons. The van der Waals surface area contributed by atoms with Crippen molar-refractivity contribution in [2.24, 2.45) is 11.3 Å². The lowest BCUT2D eigenvalue weighted by atomic mass is 10.1. The minimum atomic E-state index is -0.286. The Morgan fingerprint density at radius 2 is 2.19 bits per heavy atom. The largest absolute Gasteiger partial charge is 0.469 e. The highest BCUT2D eigenvalue weighted by Crippen LogP contribution is 2.51. The van der Waals surface area contributed by atoms with E-state index >= 15 is 0 Å². The second-order valence-electron chi connectivity index (χ2n) is 5.42. The molecule has 1 aromatic rings. The normalized spacial score (nSPS) is 15.3. The SMILES string of the molecule is COC(=O)CC1(CSCc2cccc(C(=O)NN)c2)CC1. The number of ether oxygens (including phenoxy) is 1. The van der Waals surface area contributed by atoms with Crippen molar-refractivity contribution in [2.45, 2.75) is 25.0 Å². The number of amides is 1. The Hall–Kier alpha value is -1.53. The van der Waals surface area contributed by atoms with Gasteiger partial charge in [-0.1, -0.05) is 12.1 Å². The maximum absolute atomic E-state index is 11.5. The van der Waals surface area contributed by atoms with Crippen LogP contribution in [0.3, 0.4) is 0 Å². The number of nitrogens with two attached hydrogens (primary N) is 1. The van der Waals surface area contributed by atoms with Gasteiger partial charge in [0, 0.05) is 11.3 Å². The maximum Gasteiger partial charge on any atom is 0.306 e. The monoisotopic (exact) mass is 308 g/mol. The molecule has 0 heterocycles. The highest BCUT2D eigenvalue weighted by atomic mass is 32.2. The number of nitrogens with one attached hydrogen (secondary N) is 1. The summed E-state index contributed by atoms with van der Waals surface area (Å²) >= 11 is 1.79. The van der Waals surface area contributed by atoms with E-state index in [-0.39, 0.29) is 17.3 Å². The summed E-state index contributed by atoms with van der Waals surface area (Å²) < 4.78 is 4.74. The molecule has 1 aliphatic carbocycles. The van der Waals surface area contributed by atoms with Crippen LogP contribution in [0.4, 0.5) is 0 Å².